The molecule has 1 heterocycles. The fraction of sp³-hybridized carbons (Fsp3) is 0.188. The predicted octanol–water partition coefficient (Wildman–Crippen LogP) is 2.78. The number of nitrogens with zero attached hydrogens (tertiary/aromatic N) is 1. The molecule has 0 bridgehead atoms. The molecule has 1 aliphatic rings. The van der Waals surface area contributed by atoms with E-state index in [0.717, 1.165) is 30.3 Å². The van der Waals surface area contributed by atoms with Gasteiger partial charge in [0.2, 0.25) is 0 Å². The van der Waals surface area contributed by atoms with Crippen LogP contribution in [0.25, 0.3) is 0 Å². The van der Waals surface area contributed by atoms with Gasteiger partial charge in [-0.3, -0.25) is 0 Å². The average molecular weight is 354 g/mol. The Bertz CT molecular complexity index is 927. The first kappa shape index (κ1) is 16.5. The lowest BCUT2D eigenvalue weighted by Crippen LogP contribution is -2.24. The number of rotatable bonds is 3. The van der Waals surface area contributed by atoms with Crippen LogP contribution in [0.3, 0.4) is 0 Å². The first-order valence-corrected chi connectivity index (χ1v) is 8.78. The number of halogens is 3. The molecule has 126 valence electrons. The largest absolute Gasteiger partial charge is 0.305 e. The highest BCUT2D eigenvalue weighted by atomic mass is 32.2. The minimum atomic E-state index is -3.47. The number of benzene rings is 2. The molecule has 2 aromatic carbocycles. The zero-order valence-corrected chi connectivity index (χ0v) is 13.2. The van der Waals surface area contributed by atoms with Crippen LogP contribution in [0.4, 0.5) is 13.2 Å². The van der Waals surface area contributed by atoms with E-state index in [1.807, 2.05) is 0 Å². The van der Waals surface area contributed by atoms with E-state index in [4.69, 9.17) is 0 Å². The van der Waals surface area contributed by atoms with Gasteiger partial charge in [-0.25, -0.2) is 21.6 Å². The topological polar surface area (TPSA) is 58.5 Å². The van der Waals surface area contributed by atoms with Crippen molar-refractivity contribution < 1.29 is 21.6 Å². The molecule has 8 heteroatoms. The summed E-state index contributed by atoms with van der Waals surface area (Å²) in [5, 5.41) is 4.04. The molecule has 1 aliphatic heterocycles. The maximum Gasteiger partial charge on any atom is 0.179 e. The van der Waals surface area contributed by atoms with Crippen LogP contribution in [0.2, 0.25) is 0 Å². The molecule has 0 saturated heterocycles. The molecule has 0 atom stereocenters. The fourth-order valence-electron chi connectivity index (χ4n) is 2.49. The van der Waals surface area contributed by atoms with E-state index < -0.39 is 27.3 Å². The minimum Gasteiger partial charge on any atom is -0.305 e. The molecule has 2 aromatic rings. The van der Waals surface area contributed by atoms with E-state index >= 15 is 0 Å². The molecule has 24 heavy (non-hydrogen) atoms. The minimum absolute atomic E-state index is 0.0210. The molecule has 0 aromatic heterocycles. The number of hydrogen-bond acceptors (Lipinski definition) is 4. The molecule has 0 amide bonds. The Kier molecular flexibility index (Phi) is 4.31. The summed E-state index contributed by atoms with van der Waals surface area (Å²) < 4.78 is 64.1. The first-order valence-electron chi connectivity index (χ1n) is 7.13. The van der Waals surface area contributed by atoms with E-state index in [1.54, 1.807) is 0 Å². The summed E-state index contributed by atoms with van der Waals surface area (Å²) in [6.45, 7) is -0.0789. The normalized spacial score (nSPS) is 17.5. The SMILES string of the molecule is O=S1(=O)CC/C(=N/NCc2cc(F)ccc2F)c2cc(F)ccc21. The summed E-state index contributed by atoms with van der Waals surface area (Å²) in [6.07, 6.45) is 0.109. The molecule has 0 aliphatic carbocycles. The summed E-state index contributed by atoms with van der Waals surface area (Å²) in [5.74, 6) is -1.87. The molecular formula is C16H13F3N2O2S. The summed E-state index contributed by atoms with van der Waals surface area (Å²) >= 11 is 0. The van der Waals surface area contributed by atoms with Gasteiger partial charge >= 0.3 is 0 Å². The first-order chi connectivity index (χ1) is 11.4. The summed E-state index contributed by atoms with van der Waals surface area (Å²) in [6, 6.07) is 6.46. The zero-order chi connectivity index (χ0) is 17.3. The highest BCUT2D eigenvalue weighted by molar-refractivity contribution is 7.91. The van der Waals surface area contributed by atoms with Crippen LogP contribution in [0.5, 0.6) is 0 Å². The third kappa shape index (κ3) is 3.28. The third-order valence-corrected chi connectivity index (χ3v) is 5.45. The van der Waals surface area contributed by atoms with Crippen LogP contribution < -0.4 is 5.43 Å². The van der Waals surface area contributed by atoms with Crippen LogP contribution >= 0.6 is 0 Å². The molecule has 0 unspecified atom stereocenters. The molecule has 0 saturated carbocycles. The molecule has 3 rings (SSSR count). The van der Waals surface area contributed by atoms with Crippen LogP contribution in [-0.4, -0.2) is 19.9 Å². The van der Waals surface area contributed by atoms with Crippen LogP contribution in [0, 0.1) is 17.5 Å². The van der Waals surface area contributed by atoms with Crippen molar-refractivity contribution in [1.29, 1.82) is 0 Å². The van der Waals surface area contributed by atoms with E-state index in [1.165, 1.54) is 6.07 Å². The zero-order valence-electron chi connectivity index (χ0n) is 12.4. The maximum atomic E-state index is 13.5. The Labute approximate surface area is 136 Å². The molecule has 0 fully saturated rings. The van der Waals surface area contributed by atoms with Gasteiger partial charge in [0.05, 0.1) is 22.9 Å². The highest BCUT2D eigenvalue weighted by Crippen LogP contribution is 2.26. The van der Waals surface area contributed by atoms with E-state index in [0.29, 0.717) is 5.71 Å². The van der Waals surface area contributed by atoms with Gasteiger partial charge in [-0.2, -0.15) is 5.10 Å². The maximum absolute atomic E-state index is 13.5. The number of fused-ring (bicyclic) bond motifs is 1. The second kappa shape index (κ2) is 6.27. The van der Waals surface area contributed by atoms with Crippen molar-refractivity contribution in [3.8, 4) is 0 Å². The van der Waals surface area contributed by atoms with Crippen LogP contribution in [0.15, 0.2) is 46.4 Å². The average Bonchev–Trinajstić information content (AvgIpc) is 2.52. The standard InChI is InChI=1S/C16H13F3N2O2S/c17-11-1-3-14(19)10(7-11)9-20-21-15-5-6-24(22,23)16-4-2-12(18)8-13(15)16/h1-4,7-8,20H,5-6,9H2/b21-15-. The van der Waals surface area contributed by atoms with E-state index in [9.17, 15) is 21.6 Å². The van der Waals surface area contributed by atoms with Gasteiger partial charge in [-0.05, 0) is 36.4 Å². The number of hydrogen-bond donors (Lipinski definition) is 1. The predicted molar refractivity (Wildman–Crippen MR) is 82.8 cm³/mol. The monoisotopic (exact) mass is 354 g/mol. The van der Waals surface area contributed by atoms with Crippen molar-refractivity contribution in [2.24, 2.45) is 5.10 Å². The van der Waals surface area contributed by atoms with Crippen molar-refractivity contribution in [2.75, 3.05) is 5.75 Å². The summed E-state index contributed by atoms with van der Waals surface area (Å²) in [7, 11) is -3.47. The van der Waals surface area contributed by atoms with Crippen molar-refractivity contribution in [2.45, 2.75) is 17.9 Å². The molecule has 1 N–H and O–H groups in total. The molecular weight excluding hydrogens is 341 g/mol. The molecule has 4 nitrogen and oxygen atoms in total. The Hall–Kier alpha value is -2.35. The van der Waals surface area contributed by atoms with Crippen molar-refractivity contribution >= 4 is 15.5 Å². The van der Waals surface area contributed by atoms with Gasteiger partial charge in [0.25, 0.3) is 0 Å². The number of hydrazone groups is 1. The van der Waals surface area contributed by atoms with Crippen molar-refractivity contribution in [1.82, 2.24) is 5.43 Å². The lowest BCUT2D eigenvalue weighted by Gasteiger charge is -2.18. The molecule has 0 spiro atoms. The van der Waals surface area contributed by atoms with Gasteiger partial charge < -0.3 is 5.43 Å². The lowest BCUT2D eigenvalue weighted by molar-refractivity contribution is 0.573. The second-order valence-electron chi connectivity index (χ2n) is 5.34. The van der Waals surface area contributed by atoms with Crippen molar-refractivity contribution in [3.63, 3.8) is 0 Å². The van der Waals surface area contributed by atoms with Gasteiger partial charge in [0.1, 0.15) is 17.5 Å². The Morgan fingerprint density at radius 1 is 1.04 bits per heavy atom. The number of nitrogens with one attached hydrogen (secondary N) is 1. The van der Waals surface area contributed by atoms with Gasteiger partial charge in [0, 0.05) is 17.5 Å². The van der Waals surface area contributed by atoms with Gasteiger partial charge in [0.15, 0.2) is 9.84 Å². The smallest absolute Gasteiger partial charge is 0.179 e. The van der Waals surface area contributed by atoms with Crippen LogP contribution in [0.1, 0.15) is 17.5 Å². The molecule has 0 radical (unpaired) electrons. The Morgan fingerprint density at radius 3 is 2.54 bits per heavy atom. The Balaban J connectivity index is 1.86. The lowest BCUT2D eigenvalue weighted by atomic mass is 10.1. The van der Waals surface area contributed by atoms with Crippen LogP contribution in [-0.2, 0) is 16.4 Å². The second-order valence-corrected chi connectivity index (χ2v) is 7.42. The Morgan fingerprint density at radius 2 is 1.75 bits per heavy atom. The van der Waals surface area contributed by atoms with E-state index in [-0.39, 0.29) is 34.7 Å². The highest BCUT2D eigenvalue weighted by Gasteiger charge is 2.28. The third-order valence-electron chi connectivity index (χ3n) is 3.69. The summed E-state index contributed by atoms with van der Waals surface area (Å²) in [5.41, 5.74) is 3.22. The fourth-order valence-corrected chi connectivity index (χ4v) is 3.96. The van der Waals surface area contributed by atoms with E-state index in [2.05, 4.69) is 10.5 Å². The van der Waals surface area contributed by atoms with Crippen molar-refractivity contribution in [3.05, 3.63) is 65.0 Å². The number of sulfone groups is 1. The quantitative estimate of drug-likeness (QED) is 0.681. The van der Waals surface area contributed by atoms with Gasteiger partial charge in [-0.15, -0.1) is 0 Å². The van der Waals surface area contributed by atoms with Gasteiger partial charge in [-0.1, -0.05) is 0 Å². The summed E-state index contributed by atoms with van der Waals surface area (Å²) in [4.78, 5) is 0.0210.